The van der Waals surface area contributed by atoms with Crippen molar-refractivity contribution >= 4 is 23.2 Å². The molecule has 0 aromatic heterocycles. The molecule has 0 bridgehead atoms. The smallest absolute Gasteiger partial charge is 0.254 e. The Hall–Kier alpha value is -3.67. The lowest BCUT2D eigenvalue weighted by molar-refractivity contribution is -0.122. The minimum absolute atomic E-state index is 0.0464. The number of hydrogen-bond acceptors (Lipinski definition) is 3. The first-order valence-corrected chi connectivity index (χ1v) is 12.1. The van der Waals surface area contributed by atoms with E-state index in [1.54, 1.807) is 17.0 Å². The van der Waals surface area contributed by atoms with Gasteiger partial charge in [0.05, 0.1) is 6.04 Å². The third-order valence-electron chi connectivity index (χ3n) is 6.73. The number of carbonyl (C=O) groups excluding carboxylic acids is 2. The number of nitrogens with zero attached hydrogens (tertiary/aromatic N) is 2. The van der Waals surface area contributed by atoms with Crippen LogP contribution in [0.3, 0.4) is 0 Å². The van der Waals surface area contributed by atoms with Gasteiger partial charge in [-0.25, -0.2) is 4.39 Å². The van der Waals surface area contributed by atoms with Crippen LogP contribution in [0.2, 0.25) is 0 Å². The Morgan fingerprint density at radius 3 is 2.37 bits per heavy atom. The highest BCUT2D eigenvalue weighted by atomic mass is 19.1. The lowest BCUT2D eigenvalue weighted by Gasteiger charge is -2.32. The number of amides is 2. The van der Waals surface area contributed by atoms with Gasteiger partial charge in [-0.15, -0.1) is 0 Å². The SMILES string of the molecule is C[C@H](c1ccccc1)N(Cc1cc(NC(=O)C2CCC2)ccc1N(C)C)C(=O)c1cccc(F)c1. The van der Waals surface area contributed by atoms with Gasteiger partial charge in [0.15, 0.2) is 0 Å². The third kappa shape index (κ3) is 5.70. The van der Waals surface area contributed by atoms with Gasteiger partial charge in [0.1, 0.15) is 5.82 Å². The van der Waals surface area contributed by atoms with E-state index in [0.29, 0.717) is 17.8 Å². The topological polar surface area (TPSA) is 52.7 Å². The molecule has 0 aliphatic heterocycles. The first-order chi connectivity index (χ1) is 16.8. The summed E-state index contributed by atoms with van der Waals surface area (Å²) in [6, 6.07) is 21.1. The second kappa shape index (κ2) is 10.7. The Bertz CT molecular complexity index is 1190. The fourth-order valence-corrected chi connectivity index (χ4v) is 4.41. The highest BCUT2D eigenvalue weighted by Gasteiger charge is 2.27. The van der Waals surface area contributed by atoms with Crippen molar-refractivity contribution in [2.24, 2.45) is 5.92 Å². The van der Waals surface area contributed by atoms with Gasteiger partial charge in [-0.1, -0.05) is 42.8 Å². The molecule has 2 amide bonds. The Morgan fingerprint density at radius 1 is 1.00 bits per heavy atom. The summed E-state index contributed by atoms with van der Waals surface area (Å²) in [6.07, 6.45) is 2.95. The van der Waals surface area contributed by atoms with Gasteiger partial charge >= 0.3 is 0 Å². The molecule has 1 aliphatic carbocycles. The maximum atomic E-state index is 14.0. The molecule has 0 spiro atoms. The second-order valence-electron chi connectivity index (χ2n) is 9.39. The highest BCUT2D eigenvalue weighted by Crippen LogP contribution is 2.31. The maximum Gasteiger partial charge on any atom is 0.254 e. The van der Waals surface area contributed by atoms with Gasteiger partial charge in [0.25, 0.3) is 5.91 Å². The third-order valence-corrected chi connectivity index (χ3v) is 6.73. The van der Waals surface area contributed by atoms with Gasteiger partial charge in [-0.05, 0) is 67.3 Å². The first kappa shape index (κ1) is 24.5. The lowest BCUT2D eigenvalue weighted by atomic mass is 9.85. The van der Waals surface area contributed by atoms with Crippen molar-refractivity contribution in [1.29, 1.82) is 0 Å². The zero-order valence-corrected chi connectivity index (χ0v) is 20.5. The molecule has 182 valence electrons. The molecule has 1 N–H and O–H groups in total. The minimum Gasteiger partial charge on any atom is -0.377 e. The van der Waals surface area contributed by atoms with Crippen molar-refractivity contribution < 1.29 is 14.0 Å². The summed E-state index contributed by atoms with van der Waals surface area (Å²) in [5, 5.41) is 3.04. The molecule has 6 heteroatoms. The Kier molecular flexibility index (Phi) is 7.49. The van der Waals surface area contributed by atoms with Crippen LogP contribution in [0.25, 0.3) is 0 Å². The van der Waals surface area contributed by atoms with E-state index in [4.69, 9.17) is 0 Å². The minimum atomic E-state index is -0.446. The number of carbonyl (C=O) groups is 2. The average molecular weight is 474 g/mol. The van der Waals surface area contributed by atoms with E-state index in [1.807, 2.05) is 74.4 Å². The zero-order chi connectivity index (χ0) is 24.9. The zero-order valence-electron chi connectivity index (χ0n) is 20.5. The molecule has 35 heavy (non-hydrogen) atoms. The van der Waals surface area contributed by atoms with Crippen molar-refractivity contribution in [2.75, 3.05) is 24.3 Å². The first-order valence-electron chi connectivity index (χ1n) is 12.1. The van der Waals surface area contributed by atoms with Gasteiger partial charge in [-0.3, -0.25) is 9.59 Å². The fraction of sp³-hybridized carbons (Fsp3) is 0.310. The molecule has 4 rings (SSSR count). The van der Waals surface area contributed by atoms with Crippen molar-refractivity contribution in [3.05, 3.63) is 95.3 Å². The molecule has 0 unspecified atom stereocenters. The summed E-state index contributed by atoms with van der Waals surface area (Å²) >= 11 is 0. The summed E-state index contributed by atoms with van der Waals surface area (Å²) in [4.78, 5) is 30.0. The number of rotatable bonds is 8. The van der Waals surface area contributed by atoms with E-state index in [0.717, 1.165) is 36.1 Å². The lowest BCUT2D eigenvalue weighted by Crippen LogP contribution is -2.34. The largest absolute Gasteiger partial charge is 0.377 e. The normalized spacial score (nSPS) is 14.1. The molecule has 1 saturated carbocycles. The summed E-state index contributed by atoms with van der Waals surface area (Å²) in [7, 11) is 3.90. The van der Waals surface area contributed by atoms with Crippen molar-refractivity contribution in [2.45, 2.75) is 38.8 Å². The molecule has 1 atom stereocenters. The quantitative estimate of drug-likeness (QED) is 0.434. The predicted molar refractivity (Wildman–Crippen MR) is 138 cm³/mol. The Balaban J connectivity index is 1.69. The number of nitrogens with one attached hydrogen (secondary N) is 1. The van der Waals surface area contributed by atoms with E-state index in [2.05, 4.69) is 5.32 Å². The highest BCUT2D eigenvalue weighted by molar-refractivity contribution is 5.95. The van der Waals surface area contributed by atoms with E-state index in [9.17, 15) is 14.0 Å². The van der Waals surface area contributed by atoms with E-state index in [-0.39, 0.29) is 23.8 Å². The maximum absolute atomic E-state index is 14.0. The molecule has 3 aromatic carbocycles. The molecular weight excluding hydrogens is 441 g/mol. The molecule has 0 saturated heterocycles. The molecule has 3 aromatic rings. The molecule has 1 aliphatic rings. The van der Waals surface area contributed by atoms with E-state index < -0.39 is 5.82 Å². The van der Waals surface area contributed by atoms with Crippen molar-refractivity contribution in [3.8, 4) is 0 Å². The molecular formula is C29H32FN3O2. The molecule has 5 nitrogen and oxygen atoms in total. The summed E-state index contributed by atoms with van der Waals surface area (Å²) in [5.74, 6) is -0.575. The van der Waals surface area contributed by atoms with Crippen molar-refractivity contribution in [3.63, 3.8) is 0 Å². The van der Waals surface area contributed by atoms with Crippen LogP contribution in [-0.2, 0) is 11.3 Å². The predicted octanol–water partition coefficient (Wildman–Crippen LogP) is 6.03. The summed E-state index contributed by atoms with van der Waals surface area (Å²) < 4.78 is 14.0. The van der Waals surface area contributed by atoms with Crippen LogP contribution < -0.4 is 10.2 Å². The number of hydrogen-bond donors (Lipinski definition) is 1. The summed E-state index contributed by atoms with van der Waals surface area (Å²) in [6.45, 7) is 2.27. The average Bonchev–Trinajstić information content (AvgIpc) is 2.81. The van der Waals surface area contributed by atoms with E-state index in [1.165, 1.54) is 12.1 Å². The van der Waals surface area contributed by atoms with Gasteiger partial charge in [0, 0.05) is 43.5 Å². The van der Waals surface area contributed by atoms with Crippen LogP contribution in [0.5, 0.6) is 0 Å². The van der Waals surface area contributed by atoms with Crippen LogP contribution in [0.1, 0.15) is 53.7 Å². The number of anilines is 2. The van der Waals surface area contributed by atoms with Crippen LogP contribution in [-0.4, -0.2) is 30.8 Å². The Labute approximate surface area is 206 Å². The Morgan fingerprint density at radius 2 is 1.74 bits per heavy atom. The standard InChI is InChI=1S/C29H32FN3O2/c1-20(21-9-5-4-6-10-21)33(29(35)23-13-8-14-25(30)17-23)19-24-18-26(15-16-27(24)32(2)3)31-28(34)22-11-7-12-22/h4-6,8-10,13-18,20,22H,7,11-12,19H2,1-3H3,(H,31,34)/t20-/m1/s1. The summed E-state index contributed by atoms with van der Waals surface area (Å²) in [5.41, 5.74) is 3.85. The van der Waals surface area contributed by atoms with Gasteiger partial charge < -0.3 is 15.1 Å². The van der Waals surface area contributed by atoms with Crippen LogP contribution in [0, 0.1) is 11.7 Å². The van der Waals surface area contributed by atoms with Crippen LogP contribution in [0.4, 0.5) is 15.8 Å². The number of benzene rings is 3. The number of halogens is 1. The second-order valence-corrected chi connectivity index (χ2v) is 9.39. The monoisotopic (exact) mass is 473 g/mol. The van der Waals surface area contributed by atoms with E-state index >= 15 is 0 Å². The molecule has 0 radical (unpaired) electrons. The van der Waals surface area contributed by atoms with Gasteiger partial charge in [0.2, 0.25) is 5.91 Å². The molecule has 1 fully saturated rings. The fourth-order valence-electron chi connectivity index (χ4n) is 4.41. The van der Waals surface area contributed by atoms with Gasteiger partial charge in [-0.2, -0.15) is 0 Å². The van der Waals surface area contributed by atoms with Crippen molar-refractivity contribution in [1.82, 2.24) is 4.90 Å². The van der Waals surface area contributed by atoms with Crippen LogP contribution in [0.15, 0.2) is 72.8 Å². The molecule has 0 heterocycles. The van der Waals surface area contributed by atoms with Crippen LogP contribution >= 0.6 is 0 Å².